The quantitative estimate of drug-likeness (QED) is 0.719. The lowest BCUT2D eigenvalue weighted by Gasteiger charge is -2.16. The summed E-state index contributed by atoms with van der Waals surface area (Å²) >= 11 is 4.91. The van der Waals surface area contributed by atoms with Crippen molar-refractivity contribution >= 4 is 44.1 Å². The minimum Gasteiger partial charge on any atom is -0.339 e. The van der Waals surface area contributed by atoms with Crippen molar-refractivity contribution in [1.82, 2.24) is 14.5 Å². The van der Waals surface area contributed by atoms with E-state index in [2.05, 4.69) is 20.9 Å². The first-order valence-corrected chi connectivity index (χ1v) is 8.76. The molecule has 0 aliphatic heterocycles. The summed E-state index contributed by atoms with van der Waals surface area (Å²) < 4.78 is 1.92. The second-order valence-electron chi connectivity index (χ2n) is 5.32. The van der Waals surface area contributed by atoms with E-state index in [0.717, 1.165) is 13.2 Å². The van der Waals surface area contributed by atoms with Gasteiger partial charge in [0.1, 0.15) is 6.54 Å². The van der Waals surface area contributed by atoms with E-state index >= 15 is 0 Å². The maximum atomic E-state index is 12.4. The second kappa shape index (κ2) is 6.74. The molecule has 0 atom stereocenters. The lowest BCUT2D eigenvalue weighted by molar-refractivity contribution is -0.131. The average molecular weight is 408 g/mol. The predicted octanol–water partition coefficient (Wildman–Crippen LogP) is 2.17. The number of aromatic nitrogens is 2. The number of carbonyl (C=O) groups is 1. The Morgan fingerprint density at radius 3 is 2.71 bits per heavy atom. The smallest absolute Gasteiger partial charge is 0.329 e. The van der Waals surface area contributed by atoms with Gasteiger partial charge in [0.2, 0.25) is 5.91 Å². The number of carbonyl (C=O) groups excluding carboxylic acids is 1. The number of nitrogens with zero attached hydrogens (tertiary/aromatic N) is 2. The van der Waals surface area contributed by atoms with Crippen LogP contribution in [-0.4, -0.2) is 27.4 Å². The van der Waals surface area contributed by atoms with Crippen molar-refractivity contribution in [1.29, 1.82) is 0 Å². The molecule has 0 saturated heterocycles. The number of aromatic amines is 1. The van der Waals surface area contributed by atoms with E-state index in [-0.39, 0.29) is 12.5 Å². The first-order valence-electron chi connectivity index (χ1n) is 7.16. The van der Waals surface area contributed by atoms with Gasteiger partial charge in [-0.05, 0) is 40.2 Å². The zero-order chi connectivity index (χ0) is 17.3. The molecule has 3 aromatic rings. The fraction of sp³-hybridized carbons (Fsp3) is 0.188. The fourth-order valence-corrected chi connectivity index (χ4v) is 3.89. The van der Waals surface area contributed by atoms with Crippen LogP contribution in [0, 0.1) is 0 Å². The number of H-pyrrole nitrogens is 1. The van der Waals surface area contributed by atoms with Crippen molar-refractivity contribution < 1.29 is 4.79 Å². The van der Waals surface area contributed by atoms with E-state index in [0.29, 0.717) is 17.4 Å². The Kier molecular flexibility index (Phi) is 4.68. The number of thiophene rings is 1. The maximum absolute atomic E-state index is 12.4. The Hall–Kier alpha value is -2.19. The van der Waals surface area contributed by atoms with Gasteiger partial charge in [-0.1, -0.05) is 12.1 Å². The molecule has 0 saturated carbocycles. The van der Waals surface area contributed by atoms with Crippen LogP contribution in [0.4, 0.5) is 0 Å². The van der Waals surface area contributed by atoms with E-state index in [1.165, 1.54) is 16.2 Å². The minimum absolute atomic E-state index is 0.290. The molecule has 2 aromatic heterocycles. The number of rotatable bonds is 4. The van der Waals surface area contributed by atoms with Crippen molar-refractivity contribution in [2.45, 2.75) is 13.1 Å². The Balaban J connectivity index is 1.85. The molecule has 0 aliphatic rings. The van der Waals surface area contributed by atoms with Gasteiger partial charge >= 0.3 is 5.69 Å². The normalized spacial score (nSPS) is 10.9. The largest absolute Gasteiger partial charge is 0.339 e. The van der Waals surface area contributed by atoms with Crippen LogP contribution in [0.3, 0.4) is 0 Å². The van der Waals surface area contributed by atoms with Gasteiger partial charge in [0, 0.05) is 11.9 Å². The summed E-state index contributed by atoms with van der Waals surface area (Å²) in [5.41, 5.74) is -0.581. The summed E-state index contributed by atoms with van der Waals surface area (Å²) in [6.45, 7) is 0.136. The van der Waals surface area contributed by atoms with Crippen LogP contribution < -0.4 is 11.2 Å². The molecular formula is C16H14BrN3O3S. The van der Waals surface area contributed by atoms with Crippen molar-refractivity contribution in [3.63, 3.8) is 0 Å². The van der Waals surface area contributed by atoms with Gasteiger partial charge in [-0.15, -0.1) is 11.3 Å². The molecule has 0 radical (unpaired) electrons. The van der Waals surface area contributed by atoms with Gasteiger partial charge in [-0.3, -0.25) is 14.2 Å². The molecule has 24 heavy (non-hydrogen) atoms. The SMILES string of the molecule is CN(Cc1ccc(Br)s1)C(=O)Cn1c(=O)[nH]c2ccccc2c1=O. The zero-order valence-electron chi connectivity index (χ0n) is 12.8. The molecule has 124 valence electrons. The number of fused-ring (bicyclic) bond motifs is 1. The predicted molar refractivity (Wildman–Crippen MR) is 97.3 cm³/mol. The summed E-state index contributed by atoms with van der Waals surface area (Å²) in [6.07, 6.45) is 0. The maximum Gasteiger partial charge on any atom is 0.329 e. The Bertz CT molecular complexity index is 1020. The number of halogens is 1. The Morgan fingerprint density at radius 2 is 2.00 bits per heavy atom. The van der Waals surface area contributed by atoms with Crippen LogP contribution in [-0.2, 0) is 17.9 Å². The molecule has 1 aromatic carbocycles. The van der Waals surface area contributed by atoms with E-state index in [9.17, 15) is 14.4 Å². The molecule has 0 fully saturated rings. The summed E-state index contributed by atoms with van der Waals surface area (Å²) in [5.74, 6) is -0.303. The molecule has 0 bridgehead atoms. The van der Waals surface area contributed by atoms with Crippen molar-refractivity contribution in [2.24, 2.45) is 0 Å². The lowest BCUT2D eigenvalue weighted by Crippen LogP contribution is -2.40. The summed E-state index contributed by atoms with van der Waals surface area (Å²) in [6, 6.07) is 10.6. The number of hydrogen-bond donors (Lipinski definition) is 1. The van der Waals surface area contributed by atoms with E-state index in [1.807, 2.05) is 12.1 Å². The van der Waals surface area contributed by atoms with Gasteiger partial charge in [0.05, 0.1) is 21.2 Å². The fourth-order valence-electron chi connectivity index (χ4n) is 2.36. The standard InChI is InChI=1S/C16H14BrN3O3S/c1-19(8-10-6-7-13(17)24-10)14(21)9-20-15(22)11-4-2-3-5-12(11)18-16(20)23/h2-7H,8-9H2,1H3,(H,18,23). The average Bonchev–Trinajstić information content (AvgIpc) is 2.96. The van der Waals surface area contributed by atoms with Gasteiger partial charge in [-0.2, -0.15) is 0 Å². The van der Waals surface area contributed by atoms with Crippen LogP contribution in [0.2, 0.25) is 0 Å². The monoisotopic (exact) mass is 407 g/mol. The third-order valence-electron chi connectivity index (χ3n) is 3.63. The number of nitrogens with one attached hydrogen (secondary N) is 1. The minimum atomic E-state index is -0.584. The third kappa shape index (κ3) is 3.34. The molecule has 0 aliphatic carbocycles. The van der Waals surface area contributed by atoms with E-state index in [1.54, 1.807) is 31.3 Å². The van der Waals surface area contributed by atoms with E-state index in [4.69, 9.17) is 0 Å². The lowest BCUT2D eigenvalue weighted by atomic mass is 10.2. The molecule has 6 nitrogen and oxygen atoms in total. The molecule has 2 heterocycles. The Labute approximate surface area is 149 Å². The molecule has 8 heteroatoms. The molecule has 0 unspecified atom stereocenters. The topological polar surface area (TPSA) is 75.2 Å². The second-order valence-corrected chi connectivity index (χ2v) is 7.87. The van der Waals surface area contributed by atoms with Crippen LogP contribution in [0.15, 0.2) is 49.8 Å². The number of likely N-dealkylation sites (N-methyl/N-ethyl adjacent to an activating group) is 1. The van der Waals surface area contributed by atoms with Crippen molar-refractivity contribution in [3.05, 3.63) is 65.9 Å². The summed E-state index contributed by atoms with van der Waals surface area (Å²) in [7, 11) is 1.65. The number of amides is 1. The number of hydrogen-bond acceptors (Lipinski definition) is 4. The highest BCUT2D eigenvalue weighted by Gasteiger charge is 2.15. The van der Waals surface area contributed by atoms with Crippen LogP contribution in [0.25, 0.3) is 10.9 Å². The van der Waals surface area contributed by atoms with Crippen LogP contribution in [0.1, 0.15) is 4.88 Å². The van der Waals surface area contributed by atoms with Gasteiger partial charge in [0.25, 0.3) is 5.56 Å². The highest BCUT2D eigenvalue weighted by atomic mass is 79.9. The summed E-state index contributed by atoms with van der Waals surface area (Å²) in [5, 5.41) is 0.384. The van der Waals surface area contributed by atoms with Crippen molar-refractivity contribution in [3.8, 4) is 0 Å². The first kappa shape index (κ1) is 16.7. The molecule has 1 amide bonds. The van der Waals surface area contributed by atoms with Crippen LogP contribution in [0.5, 0.6) is 0 Å². The molecular weight excluding hydrogens is 394 g/mol. The van der Waals surface area contributed by atoms with Crippen molar-refractivity contribution in [2.75, 3.05) is 7.05 Å². The van der Waals surface area contributed by atoms with Gasteiger partial charge in [0.15, 0.2) is 0 Å². The first-order chi connectivity index (χ1) is 11.5. The van der Waals surface area contributed by atoms with E-state index < -0.39 is 11.2 Å². The number of para-hydroxylation sites is 1. The Morgan fingerprint density at radius 1 is 1.25 bits per heavy atom. The highest BCUT2D eigenvalue weighted by molar-refractivity contribution is 9.11. The van der Waals surface area contributed by atoms with Gasteiger partial charge in [-0.25, -0.2) is 4.79 Å². The van der Waals surface area contributed by atoms with Gasteiger partial charge < -0.3 is 9.88 Å². The third-order valence-corrected chi connectivity index (χ3v) is 5.24. The summed E-state index contributed by atoms with van der Waals surface area (Å²) in [4.78, 5) is 42.1. The molecule has 3 rings (SSSR count). The number of benzene rings is 1. The van der Waals surface area contributed by atoms with Crippen LogP contribution >= 0.6 is 27.3 Å². The zero-order valence-corrected chi connectivity index (χ0v) is 15.2. The molecule has 0 spiro atoms. The molecule has 1 N–H and O–H groups in total. The highest BCUT2D eigenvalue weighted by Crippen LogP contribution is 2.22.